The molecule has 4 heteroatoms. The van der Waals surface area contributed by atoms with E-state index >= 15 is 0 Å². The van der Waals surface area contributed by atoms with Crippen LogP contribution in [0.2, 0.25) is 0 Å². The van der Waals surface area contributed by atoms with Gasteiger partial charge in [0.25, 0.3) is 0 Å². The molecule has 0 radical (unpaired) electrons. The number of piperidine rings is 1. The lowest BCUT2D eigenvalue weighted by molar-refractivity contribution is 0.139. The summed E-state index contributed by atoms with van der Waals surface area (Å²) in [4.78, 5) is 7.35. The van der Waals surface area contributed by atoms with Gasteiger partial charge in [0.05, 0.1) is 16.8 Å². The molecule has 0 saturated carbocycles. The summed E-state index contributed by atoms with van der Waals surface area (Å²) in [6.07, 6.45) is 4.00. The highest BCUT2D eigenvalue weighted by molar-refractivity contribution is 7.18. The number of rotatable bonds is 4. The Bertz CT molecular complexity index is 502. The van der Waals surface area contributed by atoms with Crippen LogP contribution >= 0.6 is 11.3 Å². The second-order valence-corrected chi connectivity index (χ2v) is 6.37. The highest BCUT2D eigenvalue weighted by Gasteiger charge is 2.22. The summed E-state index contributed by atoms with van der Waals surface area (Å²) >= 11 is 1.84. The third-order valence-electron chi connectivity index (χ3n) is 3.87. The van der Waals surface area contributed by atoms with E-state index in [1.54, 1.807) is 0 Å². The average molecular weight is 275 g/mol. The third-order valence-corrected chi connectivity index (χ3v) is 4.89. The van der Waals surface area contributed by atoms with Gasteiger partial charge in [-0.15, -0.1) is 11.3 Å². The minimum absolute atomic E-state index is 0.672. The minimum atomic E-state index is 0.672. The molecule has 1 aromatic carbocycles. The van der Waals surface area contributed by atoms with E-state index in [9.17, 15) is 0 Å². The van der Waals surface area contributed by atoms with Crippen molar-refractivity contribution in [3.05, 3.63) is 29.3 Å². The minimum Gasteiger partial charge on any atom is -0.318 e. The maximum atomic E-state index is 4.76. The number of likely N-dealkylation sites (N-methyl/N-ethyl adjacent to an activating group) is 1. The second-order valence-electron chi connectivity index (χ2n) is 5.25. The monoisotopic (exact) mass is 275 g/mol. The van der Waals surface area contributed by atoms with Crippen molar-refractivity contribution in [2.75, 3.05) is 20.1 Å². The Kier molecular flexibility index (Phi) is 4.11. The predicted octanol–water partition coefficient (Wildman–Crippen LogP) is 2.87. The molecule has 3 rings (SSSR count). The van der Waals surface area contributed by atoms with E-state index in [4.69, 9.17) is 4.98 Å². The fraction of sp³-hybridized carbons (Fsp3) is 0.533. The fourth-order valence-corrected chi connectivity index (χ4v) is 3.89. The van der Waals surface area contributed by atoms with Gasteiger partial charge in [-0.05, 0) is 38.6 Å². The van der Waals surface area contributed by atoms with Crippen LogP contribution in [0, 0.1) is 0 Å². The van der Waals surface area contributed by atoms with Crippen LogP contribution < -0.4 is 5.32 Å². The van der Waals surface area contributed by atoms with E-state index in [0.717, 1.165) is 18.6 Å². The average Bonchev–Trinajstić information content (AvgIpc) is 2.83. The zero-order valence-electron chi connectivity index (χ0n) is 11.4. The van der Waals surface area contributed by atoms with E-state index < -0.39 is 0 Å². The molecule has 1 saturated heterocycles. The standard InChI is InChI=1S/C15H21N3S/c1-16-10-12-6-4-5-9-18(12)11-15-17-13-7-2-3-8-14(13)19-15/h2-3,7-8,12,16H,4-6,9-11H2,1H3. The third kappa shape index (κ3) is 2.96. The highest BCUT2D eigenvalue weighted by atomic mass is 32.1. The van der Waals surface area contributed by atoms with Gasteiger partial charge in [-0.2, -0.15) is 0 Å². The highest BCUT2D eigenvalue weighted by Crippen LogP contribution is 2.25. The Morgan fingerprint density at radius 2 is 2.26 bits per heavy atom. The van der Waals surface area contributed by atoms with Gasteiger partial charge in [-0.3, -0.25) is 4.90 Å². The van der Waals surface area contributed by atoms with E-state index in [2.05, 4.69) is 34.5 Å². The Morgan fingerprint density at radius 1 is 1.37 bits per heavy atom. The predicted molar refractivity (Wildman–Crippen MR) is 81.6 cm³/mol. The second kappa shape index (κ2) is 5.99. The molecule has 1 unspecified atom stereocenters. The van der Waals surface area contributed by atoms with Crippen molar-refractivity contribution in [1.29, 1.82) is 0 Å². The summed E-state index contributed by atoms with van der Waals surface area (Å²) in [5.41, 5.74) is 1.14. The lowest BCUT2D eigenvalue weighted by Gasteiger charge is -2.35. The summed E-state index contributed by atoms with van der Waals surface area (Å²) in [7, 11) is 2.05. The lowest BCUT2D eigenvalue weighted by Crippen LogP contribution is -2.44. The molecule has 2 heterocycles. The van der Waals surface area contributed by atoms with Crippen LogP contribution in [-0.4, -0.2) is 36.1 Å². The van der Waals surface area contributed by atoms with Crippen LogP contribution in [-0.2, 0) is 6.54 Å². The molecule has 1 fully saturated rings. The Morgan fingerprint density at radius 3 is 3.11 bits per heavy atom. The maximum absolute atomic E-state index is 4.76. The van der Waals surface area contributed by atoms with Crippen LogP contribution in [0.1, 0.15) is 24.3 Å². The van der Waals surface area contributed by atoms with Crippen molar-refractivity contribution in [3.8, 4) is 0 Å². The fourth-order valence-electron chi connectivity index (χ4n) is 2.90. The van der Waals surface area contributed by atoms with Crippen molar-refractivity contribution in [2.45, 2.75) is 31.8 Å². The first-order valence-corrected chi connectivity index (χ1v) is 7.91. The Balaban J connectivity index is 1.75. The number of hydrogen-bond donors (Lipinski definition) is 1. The summed E-state index contributed by atoms with van der Waals surface area (Å²) in [5, 5.41) is 4.57. The molecule has 102 valence electrons. The molecule has 1 aromatic heterocycles. The number of likely N-dealkylation sites (tertiary alicyclic amines) is 1. The van der Waals surface area contributed by atoms with E-state index in [1.807, 2.05) is 18.4 Å². The SMILES string of the molecule is CNCC1CCCCN1Cc1nc2ccccc2s1. The number of hydrogen-bond acceptors (Lipinski definition) is 4. The zero-order valence-corrected chi connectivity index (χ0v) is 12.2. The zero-order chi connectivity index (χ0) is 13.1. The molecule has 0 amide bonds. The first-order chi connectivity index (χ1) is 9.36. The maximum Gasteiger partial charge on any atom is 0.108 e. The molecule has 1 aliphatic heterocycles. The van der Waals surface area contributed by atoms with Crippen molar-refractivity contribution < 1.29 is 0 Å². The van der Waals surface area contributed by atoms with Gasteiger partial charge in [0.1, 0.15) is 5.01 Å². The molecule has 1 aliphatic rings. The number of benzene rings is 1. The van der Waals surface area contributed by atoms with E-state index in [0.29, 0.717) is 6.04 Å². The molecule has 2 aromatic rings. The Hall–Kier alpha value is -0.970. The van der Waals surface area contributed by atoms with Gasteiger partial charge in [0.2, 0.25) is 0 Å². The largest absolute Gasteiger partial charge is 0.318 e. The summed E-state index contributed by atoms with van der Waals surface area (Å²) in [6.45, 7) is 3.30. The number of para-hydroxylation sites is 1. The van der Waals surface area contributed by atoms with E-state index in [-0.39, 0.29) is 0 Å². The number of aromatic nitrogens is 1. The lowest BCUT2D eigenvalue weighted by atomic mass is 10.0. The summed E-state index contributed by atoms with van der Waals surface area (Å²) in [6, 6.07) is 9.10. The quantitative estimate of drug-likeness (QED) is 0.930. The smallest absolute Gasteiger partial charge is 0.108 e. The summed E-state index contributed by atoms with van der Waals surface area (Å²) < 4.78 is 1.31. The molecule has 0 spiro atoms. The van der Waals surface area contributed by atoms with Crippen molar-refractivity contribution >= 4 is 21.6 Å². The molecule has 19 heavy (non-hydrogen) atoms. The molecule has 0 bridgehead atoms. The number of thiazole rings is 1. The molecule has 1 atom stereocenters. The van der Waals surface area contributed by atoms with Crippen LogP contribution in [0.4, 0.5) is 0 Å². The molecular weight excluding hydrogens is 254 g/mol. The van der Waals surface area contributed by atoms with Gasteiger partial charge in [-0.1, -0.05) is 18.6 Å². The van der Waals surface area contributed by atoms with Crippen LogP contribution in [0.3, 0.4) is 0 Å². The number of nitrogens with one attached hydrogen (secondary N) is 1. The van der Waals surface area contributed by atoms with Gasteiger partial charge < -0.3 is 5.32 Å². The van der Waals surface area contributed by atoms with E-state index in [1.165, 1.54) is 35.5 Å². The Labute approximate surface area is 118 Å². The molecular formula is C15H21N3S. The molecule has 1 N–H and O–H groups in total. The molecule has 3 nitrogen and oxygen atoms in total. The molecule has 0 aliphatic carbocycles. The number of fused-ring (bicyclic) bond motifs is 1. The van der Waals surface area contributed by atoms with Crippen LogP contribution in [0.25, 0.3) is 10.2 Å². The van der Waals surface area contributed by atoms with Gasteiger partial charge in [0, 0.05) is 12.6 Å². The number of nitrogens with zero attached hydrogens (tertiary/aromatic N) is 2. The first-order valence-electron chi connectivity index (χ1n) is 7.10. The topological polar surface area (TPSA) is 28.2 Å². The van der Waals surface area contributed by atoms with Crippen molar-refractivity contribution in [3.63, 3.8) is 0 Å². The van der Waals surface area contributed by atoms with Gasteiger partial charge in [-0.25, -0.2) is 4.98 Å². The van der Waals surface area contributed by atoms with Crippen LogP contribution in [0.15, 0.2) is 24.3 Å². The summed E-state index contributed by atoms with van der Waals surface area (Å²) in [5.74, 6) is 0. The normalized spacial score (nSPS) is 21.0. The van der Waals surface area contributed by atoms with Crippen LogP contribution in [0.5, 0.6) is 0 Å². The van der Waals surface area contributed by atoms with Crippen molar-refractivity contribution in [2.24, 2.45) is 0 Å². The van der Waals surface area contributed by atoms with Crippen molar-refractivity contribution in [1.82, 2.24) is 15.2 Å². The van der Waals surface area contributed by atoms with Gasteiger partial charge in [0.15, 0.2) is 0 Å². The van der Waals surface area contributed by atoms with Gasteiger partial charge >= 0.3 is 0 Å². The first kappa shape index (κ1) is 13.0.